The van der Waals surface area contributed by atoms with Gasteiger partial charge in [0.05, 0.1) is 24.7 Å². The van der Waals surface area contributed by atoms with Crippen LogP contribution in [0.15, 0.2) is 12.1 Å². The molecule has 0 aromatic heterocycles. The zero-order chi connectivity index (χ0) is 17.0. The molecule has 4 aliphatic rings. The van der Waals surface area contributed by atoms with E-state index >= 15 is 0 Å². The van der Waals surface area contributed by atoms with Crippen molar-refractivity contribution in [1.82, 2.24) is 4.90 Å². The molecular weight excluding hydrogens is 310 g/mol. The Balaban J connectivity index is 1.81. The predicted octanol–water partition coefficient (Wildman–Crippen LogP) is 0.154. The van der Waals surface area contributed by atoms with Crippen LogP contribution in [0.1, 0.15) is 24.0 Å². The summed E-state index contributed by atoms with van der Waals surface area (Å²) in [6.45, 7) is 1.96. The van der Waals surface area contributed by atoms with Gasteiger partial charge < -0.3 is 19.7 Å². The Kier molecular flexibility index (Phi) is 2.52. The number of hydrogen-bond donors (Lipinski definition) is 2. The summed E-state index contributed by atoms with van der Waals surface area (Å²) in [5.41, 5.74) is -0.482. The van der Waals surface area contributed by atoms with E-state index in [1.807, 2.05) is 26.1 Å². The fourth-order valence-electron chi connectivity index (χ4n) is 5.77. The minimum Gasteiger partial charge on any atom is -0.493 e. The average molecular weight is 331 g/mol. The lowest BCUT2D eigenvalue weighted by Crippen LogP contribution is -2.70. The van der Waals surface area contributed by atoms with Crippen LogP contribution in [0.5, 0.6) is 11.5 Å². The van der Waals surface area contributed by atoms with E-state index in [1.165, 1.54) is 0 Å². The molecule has 5 rings (SSSR count). The first-order valence-corrected chi connectivity index (χ1v) is 8.37. The summed E-state index contributed by atoms with van der Waals surface area (Å²) in [6, 6.07) is 3.78. The number of likely N-dealkylation sites (tertiary alicyclic amines) is 1. The van der Waals surface area contributed by atoms with Crippen molar-refractivity contribution in [2.75, 3.05) is 14.2 Å². The van der Waals surface area contributed by atoms with E-state index in [-0.39, 0.29) is 24.3 Å². The first kappa shape index (κ1) is 14.7. The Labute approximate surface area is 140 Å². The normalized spacial score (nSPS) is 47.4. The summed E-state index contributed by atoms with van der Waals surface area (Å²) in [5, 5.41) is 22.4. The molecule has 2 aliphatic heterocycles. The summed E-state index contributed by atoms with van der Waals surface area (Å²) in [5.74, 6) is 0.971. The third-order valence-corrected chi connectivity index (χ3v) is 6.81. The van der Waals surface area contributed by atoms with Crippen LogP contribution in [-0.4, -0.2) is 64.9 Å². The number of methoxy groups -OCH3 is 1. The molecule has 1 saturated heterocycles. The van der Waals surface area contributed by atoms with Gasteiger partial charge in [-0.2, -0.15) is 0 Å². The molecule has 7 atom stereocenters. The minimum atomic E-state index is -1.38. The van der Waals surface area contributed by atoms with Gasteiger partial charge in [-0.25, -0.2) is 0 Å². The molecular formula is C18H21NO5. The number of Topliss-reactive ketones (excluding diaryl/α,β-unsaturated/α-hetero) is 1. The van der Waals surface area contributed by atoms with Gasteiger partial charge in [-0.05, 0) is 32.0 Å². The number of carbonyl (C=O) groups is 1. The van der Waals surface area contributed by atoms with Crippen molar-refractivity contribution in [3.05, 3.63) is 23.3 Å². The molecule has 24 heavy (non-hydrogen) atoms. The lowest BCUT2D eigenvalue weighted by Gasteiger charge is -2.50. The Bertz CT molecular complexity index is 779. The van der Waals surface area contributed by atoms with Gasteiger partial charge in [-0.1, -0.05) is 6.07 Å². The van der Waals surface area contributed by atoms with Crippen LogP contribution in [0.2, 0.25) is 0 Å². The van der Waals surface area contributed by atoms with E-state index in [4.69, 9.17) is 9.47 Å². The smallest absolute Gasteiger partial charge is 0.177 e. The van der Waals surface area contributed by atoms with Crippen molar-refractivity contribution in [1.29, 1.82) is 0 Å². The van der Waals surface area contributed by atoms with E-state index in [0.29, 0.717) is 17.9 Å². The standard InChI is InChI=1S/C18H21NO5/c1-8-4-5-11(23-3)14-13(8)17-7-9-15(19(9)2)18(17,22)12(21)6-10(20)16(17)24-14/h4-5,9,12,15-16,21-22H,6-7H2,1-3H3/t9?,12-,15-,16+,17+,18-,19?/m1/s1. The number of carbonyl (C=O) groups excluding carboxylic acids is 1. The van der Waals surface area contributed by atoms with Crippen molar-refractivity contribution in [2.24, 2.45) is 0 Å². The molecule has 2 heterocycles. The summed E-state index contributed by atoms with van der Waals surface area (Å²) in [7, 11) is 3.52. The largest absolute Gasteiger partial charge is 0.493 e. The molecule has 1 aromatic carbocycles. The quantitative estimate of drug-likeness (QED) is 0.714. The molecule has 6 heteroatoms. The van der Waals surface area contributed by atoms with Crippen molar-refractivity contribution >= 4 is 5.78 Å². The summed E-state index contributed by atoms with van der Waals surface area (Å²) < 4.78 is 11.5. The fourth-order valence-corrected chi connectivity index (χ4v) is 5.77. The molecule has 2 unspecified atom stereocenters. The van der Waals surface area contributed by atoms with Crippen molar-refractivity contribution in [3.8, 4) is 11.5 Å². The number of ketones is 1. The second-order valence-electron chi connectivity index (χ2n) is 7.65. The summed E-state index contributed by atoms with van der Waals surface area (Å²) in [6.07, 6.45) is -1.30. The molecule has 2 N–H and O–H groups in total. The van der Waals surface area contributed by atoms with Gasteiger partial charge in [0.1, 0.15) is 5.60 Å². The van der Waals surface area contributed by atoms with Gasteiger partial charge in [-0.15, -0.1) is 0 Å². The van der Waals surface area contributed by atoms with Crippen LogP contribution in [0.25, 0.3) is 0 Å². The number of fused-ring (bicyclic) bond motifs is 3. The Morgan fingerprint density at radius 3 is 2.88 bits per heavy atom. The van der Waals surface area contributed by atoms with Crippen LogP contribution in [0.3, 0.4) is 0 Å². The molecule has 2 aliphatic carbocycles. The number of aliphatic hydroxyl groups excluding tert-OH is 1. The zero-order valence-electron chi connectivity index (χ0n) is 13.9. The van der Waals surface area contributed by atoms with Gasteiger partial charge in [0, 0.05) is 18.0 Å². The molecule has 0 amide bonds. The maximum Gasteiger partial charge on any atom is 0.177 e. The van der Waals surface area contributed by atoms with E-state index in [0.717, 1.165) is 11.1 Å². The summed E-state index contributed by atoms with van der Waals surface area (Å²) in [4.78, 5) is 14.8. The van der Waals surface area contributed by atoms with Crippen LogP contribution in [-0.2, 0) is 10.2 Å². The molecule has 2 saturated carbocycles. The highest BCUT2D eigenvalue weighted by atomic mass is 16.5. The van der Waals surface area contributed by atoms with Gasteiger partial charge in [0.15, 0.2) is 23.4 Å². The monoisotopic (exact) mass is 331 g/mol. The Morgan fingerprint density at radius 1 is 1.42 bits per heavy atom. The zero-order valence-corrected chi connectivity index (χ0v) is 13.9. The first-order valence-electron chi connectivity index (χ1n) is 8.37. The number of aliphatic hydroxyl groups is 2. The number of likely N-dealkylation sites (N-methyl/N-ethyl adjacent to an activating group) is 1. The van der Waals surface area contributed by atoms with Crippen LogP contribution in [0, 0.1) is 6.92 Å². The molecule has 128 valence electrons. The van der Waals surface area contributed by atoms with E-state index in [2.05, 4.69) is 4.90 Å². The van der Waals surface area contributed by atoms with E-state index in [9.17, 15) is 15.0 Å². The number of nitrogens with zero attached hydrogens (tertiary/aromatic N) is 1. The number of rotatable bonds is 1. The van der Waals surface area contributed by atoms with Gasteiger partial charge in [-0.3, -0.25) is 9.69 Å². The van der Waals surface area contributed by atoms with Crippen LogP contribution in [0.4, 0.5) is 0 Å². The minimum absolute atomic E-state index is 0.0741. The maximum atomic E-state index is 12.7. The Hall–Kier alpha value is -1.63. The number of hydrogen-bond acceptors (Lipinski definition) is 6. The Morgan fingerprint density at radius 2 is 2.17 bits per heavy atom. The SMILES string of the molecule is COc1ccc(C)c2c1O[C@H]1C(=O)C[C@@H](O)[C@@]3(O)[C@H]4C(C[C@]213)N4C. The molecule has 0 bridgehead atoms. The molecule has 1 spiro atoms. The highest BCUT2D eigenvalue weighted by molar-refractivity contribution is 5.91. The van der Waals surface area contributed by atoms with Crippen LogP contribution < -0.4 is 9.47 Å². The molecule has 1 aromatic rings. The molecule has 3 fully saturated rings. The third kappa shape index (κ3) is 1.28. The van der Waals surface area contributed by atoms with Gasteiger partial charge in [0.25, 0.3) is 0 Å². The molecule has 0 radical (unpaired) electrons. The second kappa shape index (κ2) is 4.12. The van der Waals surface area contributed by atoms with Crippen molar-refractivity contribution < 1.29 is 24.5 Å². The average Bonchev–Trinajstić information content (AvgIpc) is 2.92. The third-order valence-electron chi connectivity index (χ3n) is 6.81. The number of ether oxygens (including phenoxy) is 2. The lowest BCUT2D eigenvalue weighted by molar-refractivity contribution is -0.179. The lowest BCUT2D eigenvalue weighted by atomic mass is 9.57. The van der Waals surface area contributed by atoms with E-state index in [1.54, 1.807) is 7.11 Å². The highest BCUT2D eigenvalue weighted by Gasteiger charge is 2.83. The molecule has 6 nitrogen and oxygen atoms in total. The highest BCUT2D eigenvalue weighted by Crippen LogP contribution is 2.68. The van der Waals surface area contributed by atoms with Crippen LogP contribution >= 0.6 is 0 Å². The summed E-state index contributed by atoms with van der Waals surface area (Å²) >= 11 is 0. The first-order chi connectivity index (χ1) is 11.4. The van der Waals surface area contributed by atoms with Crippen molar-refractivity contribution in [2.45, 2.75) is 55.1 Å². The fraction of sp³-hybridized carbons (Fsp3) is 0.611. The predicted molar refractivity (Wildman–Crippen MR) is 84.4 cm³/mol. The number of aryl methyl sites for hydroxylation is 1. The number of benzene rings is 1. The van der Waals surface area contributed by atoms with Crippen molar-refractivity contribution in [3.63, 3.8) is 0 Å². The second-order valence-corrected chi connectivity index (χ2v) is 7.65. The van der Waals surface area contributed by atoms with Gasteiger partial charge >= 0.3 is 0 Å². The number of piperidine rings is 1. The van der Waals surface area contributed by atoms with Gasteiger partial charge in [0.2, 0.25) is 0 Å². The topological polar surface area (TPSA) is 79.0 Å². The maximum absolute atomic E-state index is 12.7. The van der Waals surface area contributed by atoms with E-state index < -0.39 is 23.2 Å².